The third-order valence-corrected chi connectivity index (χ3v) is 3.20. The molecule has 5 heteroatoms. The molecule has 15 heavy (non-hydrogen) atoms. The highest BCUT2D eigenvalue weighted by Crippen LogP contribution is 2.25. The van der Waals surface area contributed by atoms with Crippen LogP contribution in [0.2, 0.25) is 5.02 Å². The van der Waals surface area contributed by atoms with Crippen molar-refractivity contribution in [1.82, 2.24) is 4.98 Å². The lowest BCUT2D eigenvalue weighted by atomic mass is 10.1. The van der Waals surface area contributed by atoms with E-state index in [0.29, 0.717) is 29.7 Å². The van der Waals surface area contributed by atoms with Gasteiger partial charge in [0.25, 0.3) is 0 Å². The van der Waals surface area contributed by atoms with Gasteiger partial charge in [0.2, 0.25) is 5.91 Å². The summed E-state index contributed by atoms with van der Waals surface area (Å²) in [5.41, 5.74) is 0. The Labute approximate surface area is 98.8 Å². The predicted molar refractivity (Wildman–Crippen MR) is 63.6 cm³/mol. The number of nitrogens with zero attached hydrogens (tertiary/aromatic N) is 2. The minimum atomic E-state index is 0.101. The third-order valence-electron chi connectivity index (χ3n) is 2.45. The molecule has 0 spiro atoms. The molecule has 1 amide bonds. The van der Waals surface area contributed by atoms with Crippen molar-refractivity contribution in [3.8, 4) is 0 Å². The first-order chi connectivity index (χ1) is 7.20. The highest BCUT2D eigenvalue weighted by Gasteiger charge is 2.30. The summed E-state index contributed by atoms with van der Waals surface area (Å²) in [5, 5.41) is 0.599. The summed E-state index contributed by atoms with van der Waals surface area (Å²) in [4.78, 5) is 17.5. The zero-order chi connectivity index (χ0) is 10.8. The van der Waals surface area contributed by atoms with Crippen molar-refractivity contribution in [2.24, 2.45) is 5.92 Å². The molecule has 0 bridgehead atoms. The van der Waals surface area contributed by atoms with Crippen molar-refractivity contribution in [3.63, 3.8) is 0 Å². The number of rotatable bonds is 2. The molecule has 0 N–H and O–H groups in total. The fourth-order valence-electron chi connectivity index (χ4n) is 1.67. The standard InChI is InChI=1S/C10H11ClN2OS/c11-8-1-2-12-9(4-8)13-5-7(6-15)3-10(13)14/h1-2,4,7,15H,3,5-6H2. The number of amides is 1. The van der Waals surface area contributed by atoms with E-state index in [9.17, 15) is 4.79 Å². The number of aromatic nitrogens is 1. The van der Waals surface area contributed by atoms with Gasteiger partial charge in [-0.1, -0.05) is 11.6 Å². The van der Waals surface area contributed by atoms with E-state index in [1.807, 2.05) is 0 Å². The van der Waals surface area contributed by atoms with E-state index < -0.39 is 0 Å². The van der Waals surface area contributed by atoms with Gasteiger partial charge >= 0.3 is 0 Å². The first-order valence-electron chi connectivity index (χ1n) is 4.73. The van der Waals surface area contributed by atoms with Gasteiger partial charge in [-0.05, 0) is 23.8 Å². The van der Waals surface area contributed by atoms with E-state index in [1.54, 1.807) is 23.2 Å². The molecule has 1 aliphatic rings. The summed E-state index contributed by atoms with van der Waals surface area (Å²) < 4.78 is 0. The van der Waals surface area contributed by atoms with Crippen LogP contribution >= 0.6 is 24.2 Å². The van der Waals surface area contributed by atoms with Crippen LogP contribution in [0.15, 0.2) is 18.3 Å². The van der Waals surface area contributed by atoms with Crippen molar-refractivity contribution < 1.29 is 4.79 Å². The Hall–Kier alpha value is -0.740. The van der Waals surface area contributed by atoms with Gasteiger partial charge in [-0.3, -0.25) is 9.69 Å². The van der Waals surface area contributed by atoms with Crippen LogP contribution in [0.3, 0.4) is 0 Å². The summed E-state index contributed by atoms with van der Waals surface area (Å²) in [6, 6.07) is 3.40. The average molecular weight is 243 g/mol. The van der Waals surface area contributed by atoms with Crippen molar-refractivity contribution in [3.05, 3.63) is 23.4 Å². The topological polar surface area (TPSA) is 33.2 Å². The highest BCUT2D eigenvalue weighted by atomic mass is 35.5. The van der Waals surface area contributed by atoms with Crippen LogP contribution in [0, 0.1) is 5.92 Å². The fourth-order valence-corrected chi connectivity index (χ4v) is 2.06. The molecule has 0 aliphatic carbocycles. The Morgan fingerprint density at radius 3 is 3.07 bits per heavy atom. The fraction of sp³-hybridized carbons (Fsp3) is 0.400. The van der Waals surface area contributed by atoms with E-state index >= 15 is 0 Å². The van der Waals surface area contributed by atoms with Crippen LogP contribution in [0.4, 0.5) is 5.82 Å². The maximum absolute atomic E-state index is 11.7. The van der Waals surface area contributed by atoms with Gasteiger partial charge in [-0.2, -0.15) is 12.6 Å². The zero-order valence-electron chi connectivity index (χ0n) is 8.06. The van der Waals surface area contributed by atoms with E-state index in [-0.39, 0.29) is 5.91 Å². The molecular formula is C10H11ClN2OS. The summed E-state index contributed by atoms with van der Waals surface area (Å²) in [7, 11) is 0. The smallest absolute Gasteiger partial charge is 0.228 e. The van der Waals surface area contributed by atoms with Crippen LogP contribution in [0.1, 0.15) is 6.42 Å². The Kier molecular flexibility index (Phi) is 3.17. The molecule has 1 aromatic rings. The van der Waals surface area contributed by atoms with E-state index in [4.69, 9.17) is 11.6 Å². The summed E-state index contributed by atoms with van der Waals surface area (Å²) in [6.45, 7) is 0.690. The van der Waals surface area contributed by atoms with Gasteiger partial charge in [-0.15, -0.1) is 0 Å². The molecule has 1 fully saturated rings. The maximum atomic E-state index is 11.7. The molecule has 1 aromatic heterocycles. The second kappa shape index (κ2) is 4.41. The average Bonchev–Trinajstić information content (AvgIpc) is 2.60. The Balaban J connectivity index is 2.21. The Morgan fingerprint density at radius 2 is 2.47 bits per heavy atom. The van der Waals surface area contributed by atoms with Gasteiger partial charge in [0.15, 0.2) is 0 Å². The lowest BCUT2D eigenvalue weighted by molar-refractivity contribution is -0.117. The van der Waals surface area contributed by atoms with Crippen molar-refractivity contribution >= 4 is 36.0 Å². The normalized spacial score (nSPS) is 21.1. The first-order valence-corrected chi connectivity index (χ1v) is 5.74. The minimum Gasteiger partial charge on any atom is -0.296 e. The van der Waals surface area contributed by atoms with Crippen LogP contribution in [0.5, 0.6) is 0 Å². The van der Waals surface area contributed by atoms with E-state index in [1.165, 1.54) is 0 Å². The number of thiol groups is 1. The van der Waals surface area contributed by atoms with Gasteiger partial charge in [-0.25, -0.2) is 4.98 Å². The molecule has 1 atom stereocenters. The monoisotopic (exact) mass is 242 g/mol. The molecule has 1 saturated heterocycles. The number of carbonyl (C=O) groups excluding carboxylic acids is 1. The van der Waals surface area contributed by atoms with Gasteiger partial charge in [0.1, 0.15) is 5.82 Å². The molecule has 1 aliphatic heterocycles. The lowest BCUT2D eigenvalue weighted by Crippen LogP contribution is -2.25. The number of hydrogen-bond donors (Lipinski definition) is 1. The summed E-state index contributed by atoms with van der Waals surface area (Å²) in [6.07, 6.45) is 2.16. The number of hydrogen-bond acceptors (Lipinski definition) is 3. The molecule has 3 nitrogen and oxygen atoms in total. The van der Waals surface area contributed by atoms with Crippen LogP contribution in [0.25, 0.3) is 0 Å². The first kappa shape index (κ1) is 10.8. The molecule has 0 radical (unpaired) electrons. The van der Waals surface area contributed by atoms with Crippen molar-refractivity contribution in [2.75, 3.05) is 17.2 Å². The lowest BCUT2D eigenvalue weighted by Gasteiger charge is -2.14. The van der Waals surface area contributed by atoms with Crippen LogP contribution in [-0.4, -0.2) is 23.2 Å². The molecule has 2 rings (SSSR count). The Morgan fingerprint density at radius 1 is 1.67 bits per heavy atom. The van der Waals surface area contributed by atoms with Gasteiger partial charge < -0.3 is 0 Å². The minimum absolute atomic E-state index is 0.101. The zero-order valence-corrected chi connectivity index (χ0v) is 9.71. The summed E-state index contributed by atoms with van der Waals surface area (Å²) in [5.74, 6) is 1.78. The van der Waals surface area contributed by atoms with E-state index in [2.05, 4.69) is 17.6 Å². The Bertz CT molecular complexity index is 385. The highest BCUT2D eigenvalue weighted by molar-refractivity contribution is 7.80. The molecule has 0 saturated carbocycles. The van der Waals surface area contributed by atoms with E-state index in [0.717, 1.165) is 5.75 Å². The maximum Gasteiger partial charge on any atom is 0.228 e. The van der Waals surface area contributed by atoms with Crippen LogP contribution < -0.4 is 4.90 Å². The second-order valence-electron chi connectivity index (χ2n) is 3.59. The molecule has 0 aromatic carbocycles. The number of anilines is 1. The number of pyridine rings is 1. The van der Waals surface area contributed by atoms with Crippen molar-refractivity contribution in [1.29, 1.82) is 0 Å². The van der Waals surface area contributed by atoms with Crippen molar-refractivity contribution in [2.45, 2.75) is 6.42 Å². The SMILES string of the molecule is O=C1CC(CS)CN1c1cc(Cl)ccn1. The summed E-state index contributed by atoms with van der Waals surface area (Å²) >= 11 is 10.1. The second-order valence-corrected chi connectivity index (χ2v) is 4.39. The predicted octanol–water partition coefficient (Wildman–Crippen LogP) is 2.02. The van der Waals surface area contributed by atoms with Gasteiger partial charge in [0, 0.05) is 24.2 Å². The quantitative estimate of drug-likeness (QED) is 0.805. The molecular weight excluding hydrogens is 232 g/mol. The molecule has 1 unspecified atom stereocenters. The largest absolute Gasteiger partial charge is 0.296 e. The third kappa shape index (κ3) is 2.26. The number of halogens is 1. The number of carbonyl (C=O) groups is 1. The van der Waals surface area contributed by atoms with Crippen LogP contribution in [-0.2, 0) is 4.79 Å². The molecule has 2 heterocycles. The van der Waals surface area contributed by atoms with Gasteiger partial charge in [0.05, 0.1) is 0 Å². The molecule has 80 valence electrons.